The van der Waals surface area contributed by atoms with Crippen LogP contribution in [-0.2, 0) is 4.79 Å². The highest BCUT2D eigenvalue weighted by Gasteiger charge is 2.45. The molecule has 2 fully saturated rings. The van der Waals surface area contributed by atoms with Gasteiger partial charge in [0.25, 0.3) is 0 Å². The number of carbonyl (C=O) groups excluding carboxylic acids is 1. The maximum Gasteiger partial charge on any atom is 0.243 e. The van der Waals surface area contributed by atoms with Crippen molar-refractivity contribution >= 4 is 5.91 Å². The van der Waals surface area contributed by atoms with Crippen molar-refractivity contribution in [1.29, 1.82) is 5.26 Å². The van der Waals surface area contributed by atoms with Crippen LogP contribution in [0.4, 0.5) is 0 Å². The molecule has 0 aromatic carbocycles. The van der Waals surface area contributed by atoms with Gasteiger partial charge in [-0.15, -0.1) is 0 Å². The van der Waals surface area contributed by atoms with Gasteiger partial charge in [-0.05, 0) is 25.7 Å². The fourth-order valence-electron chi connectivity index (χ4n) is 3.10. The molecule has 0 aromatic heterocycles. The summed E-state index contributed by atoms with van der Waals surface area (Å²) < 4.78 is 0. The summed E-state index contributed by atoms with van der Waals surface area (Å²) in [4.78, 5) is 14.3. The molecular formula is C13H20N2O2. The zero-order valence-electron chi connectivity index (χ0n) is 10.2. The Bertz CT molecular complexity index is 329. The molecule has 1 heterocycles. The first-order valence-corrected chi connectivity index (χ1v) is 6.57. The Morgan fingerprint density at radius 1 is 1.35 bits per heavy atom. The third-order valence-electron chi connectivity index (χ3n) is 4.18. The Balaban J connectivity index is 2.14. The standard InChI is InChI=1S/C13H20N2O2/c14-10-13(6-2-1-3-7-13)12(17)15-8-4-5-11(15)9-16/h11,16H,1-9H2/t11-/m0/s1. The minimum absolute atomic E-state index is 0.0211. The summed E-state index contributed by atoms with van der Waals surface area (Å²) in [6, 6.07) is 2.21. The summed E-state index contributed by atoms with van der Waals surface area (Å²) in [6.07, 6.45) is 6.25. The highest BCUT2D eigenvalue weighted by Crippen LogP contribution is 2.38. The monoisotopic (exact) mass is 236 g/mol. The van der Waals surface area contributed by atoms with E-state index in [0.29, 0.717) is 19.4 Å². The molecule has 1 N–H and O–H groups in total. The molecule has 0 aromatic rings. The minimum Gasteiger partial charge on any atom is -0.394 e. The van der Waals surface area contributed by atoms with Gasteiger partial charge < -0.3 is 10.0 Å². The van der Waals surface area contributed by atoms with E-state index >= 15 is 0 Å². The zero-order chi connectivity index (χ0) is 12.3. The van der Waals surface area contributed by atoms with E-state index in [-0.39, 0.29) is 18.6 Å². The van der Waals surface area contributed by atoms with Gasteiger partial charge in [0.05, 0.1) is 18.7 Å². The van der Waals surface area contributed by atoms with Crippen LogP contribution in [0.15, 0.2) is 0 Å². The number of aliphatic hydroxyl groups is 1. The second-order valence-corrected chi connectivity index (χ2v) is 5.23. The van der Waals surface area contributed by atoms with E-state index in [2.05, 4.69) is 6.07 Å². The molecular weight excluding hydrogens is 216 g/mol. The lowest BCUT2D eigenvalue weighted by Gasteiger charge is -2.35. The topological polar surface area (TPSA) is 64.3 Å². The number of amides is 1. The van der Waals surface area contributed by atoms with Crippen LogP contribution in [0.25, 0.3) is 0 Å². The molecule has 0 radical (unpaired) electrons. The van der Waals surface area contributed by atoms with Gasteiger partial charge in [-0.2, -0.15) is 5.26 Å². The minimum atomic E-state index is -0.796. The van der Waals surface area contributed by atoms with Crippen molar-refractivity contribution in [1.82, 2.24) is 4.90 Å². The SMILES string of the molecule is N#CC1(C(=O)N2CCC[C@H]2CO)CCCCC1. The number of rotatable bonds is 2. The first kappa shape index (κ1) is 12.4. The summed E-state index contributed by atoms with van der Waals surface area (Å²) in [7, 11) is 0. The summed E-state index contributed by atoms with van der Waals surface area (Å²) in [5.41, 5.74) is -0.796. The summed E-state index contributed by atoms with van der Waals surface area (Å²) in [5.74, 6) is -0.0312. The maximum absolute atomic E-state index is 12.5. The predicted octanol–water partition coefficient (Wildman–Crippen LogP) is 1.44. The second kappa shape index (κ2) is 5.05. The molecule has 1 saturated heterocycles. The van der Waals surface area contributed by atoms with Gasteiger partial charge in [-0.1, -0.05) is 19.3 Å². The van der Waals surface area contributed by atoms with Crippen LogP contribution < -0.4 is 0 Å². The fourth-order valence-corrected chi connectivity index (χ4v) is 3.10. The summed E-state index contributed by atoms with van der Waals surface area (Å²) in [5, 5.41) is 18.6. The van der Waals surface area contributed by atoms with E-state index in [1.165, 1.54) is 0 Å². The molecule has 4 nitrogen and oxygen atoms in total. The quantitative estimate of drug-likeness (QED) is 0.789. The molecule has 1 aliphatic heterocycles. The van der Waals surface area contributed by atoms with Gasteiger partial charge in [0, 0.05) is 6.54 Å². The Hall–Kier alpha value is -1.08. The number of nitrogens with zero attached hydrogens (tertiary/aromatic N) is 2. The molecule has 2 rings (SSSR count). The molecule has 1 amide bonds. The first-order valence-electron chi connectivity index (χ1n) is 6.57. The van der Waals surface area contributed by atoms with Crippen molar-refractivity contribution in [2.24, 2.45) is 5.41 Å². The average Bonchev–Trinajstić information content (AvgIpc) is 2.86. The van der Waals surface area contributed by atoms with Gasteiger partial charge in [-0.3, -0.25) is 4.79 Å². The molecule has 94 valence electrons. The van der Waals surface area contributed by atoms with E-state index < -0.39 is 5.41 Å². The lowest BCUT2D eigenvalue weighted by molar-refractivity contribution is -0.142. The van der Waals surface area contributed by atoms with Gasteiger partial charge in [-0.25, -0.2) is 0 Å². The largest absolute Gasteiger partial charge is 0.394 e. The molecule has 2 aliphatic rings. The van der Waals surface area contributed by atoms with Crippen molar-refractivity contribution in [2.75, 3.05) is 13.2 Å². The fraction of sp³-hybridized carbons (Fsp3) is 0.846. The van der Waals surface area contributed by atoms with Crippen LogP contribution in [-0.4, -0.2) is 35.1 Å². The normalized spacial score (nSPS) is 27.8. The van der Waals surface area contributed by atoms with Crippen molar-refractivity contribution in [3.05, 3.63) is 0 Å². The number of nitriles is 1. The molecule has 1 aliphatic carbocycles. The summed E-state index contributed by atoms with van der Waals surface area (Å²) >= 11 is 0. The van der Waals surface area contributed by atoms with Crippen molar-refractivity contribution in [3.63, 3.8) is 0 Å². The van der Waals surface area contributed by atoms with Crippen LogP contribution in [0.3, 0.4) is 0 Å². The van der Waals surface area contributed by atoms with Crippen molar-refractivity contribution in [2.45, 2.75) is 51.0 Å². The van der Waals surface area contributed by atoms with Crippen LogP contribution in [0, 0.1) is 16.7 Å². The molecule has 4 heteroatoms. The van der Waals surface area contributed by atoms with E-state index in [1.54, 1.807) is 4.90 Å². The van der Waals surface area contributed by atoms with E-state index in [9.17, 15) is 15.2 Å². The first-order chi connectivity index (χ1) is 8.23. The smallest absolute Gasteiger partial charge is 0.243 e. The molecule has 17 heavy (non-hydrogen) atoms. The third-order valence-corrected chi connectivity index (χ3v) is 4.18. The van der Waals surface area contributed by atoms with Crippen LogP contribution in [0.5, 0.6) is 0 Å². The van der Waals surface area contributed by atoms with E-state index in [0.717, 1.165) is 32.1 Å². The van der Waals surface area contributed by atoms with E-state index in [1.807, 2.05) is 0 Å². The van der Waals surface area contributed by atoms with Crippen LogP contribution in [0.2, 0.25) is 0 Å². The van der Waals surface area contributed by atoms with Crippen LogP contribution in [0.1, 0.15) is 44.9 Å². The Morgan fingerprint density at radius 2 is 2.06 bits per heavy atom. The molecule has 1 saturated carbocycles. The molecule has 0 bridgehead atoms. The predicted molar refractivity (Wildman–Crippen MR) is 63.0 cm³/mol. The Morgan fingerprint density at radius 3 is 2.65 bits per heavy atom. The summed E-state index contributed by atoms with van der Waals surface area (Å²) in [6.45, 7) is 0.723. The molecule has 1 atom stereocenters. The lowest BCUT2D eigenvalue weighted by Crippen LogP contribution is -2.47. The van der Waals surface area contributed by atoms with Gasteiger partial charge in [0.1, 0.15) is 5.41 Å². The number of aliphatic hydroxyl groups excluding tert-OH is 1. The van der Waals surface area contributed by atoms with Crippen molar-refractivity contribution in [3.8, 4) is 6.07 Å². The Labute approximate surface area is 102 Å². The highest BCUT2D eigenvalue weighted by molar-refractivity contribution is 5.86. The number of hydrogen-bond donors (Lipinski definition) is 1. The maximum atomic E-state index is 12.5. The zero-order valence-corrected chi connectivity index (χ0v) is 10.2. The second-order valence-electron chi connectivity index (χ2n) is 5.23. The van der Waals surface area contributed by atoms with Gasteiger partial charge in [0.2, 0.25) is 5.91 Å². The number of hydrogen-bond acceptors (Lipinski definition) is 3. The molecule has 0 unspecified atom stereocenters. The van der Waals surface area contributed by atoms with Gasteiger partial charge in [0.15, 0.2) is 0 Å². The Kier molecular flexibility index (Phi) is 3.68. The third kappa shape index (κ3) is 2.16. The van der Waals surface area contributed by atoms with Crippen molar-refractivity contribution < 1.29 is 9.90 Å². The average molecular weight is 236 g/mol. The van der Waals surface area contributed by atoms with Crippen LogP contribution >= 0.6 is 0 Å². The van der Waals surface area contributed by atoms with E-state index in [4.69, 9.17) is 0 Å². The van der Waals surface area contributed by atoms with Gasteiger partial charge >= 0.3 is 0 Å². The number of carbonyl (C=O) groups is 1. The lowest BCUT2D eigenvalue weighted by atomic mass is 9.74. The highest BCUT2D eigenvalue weighted by atomic mass is 16.3. The number of likely N-dealkylation sites (tertiary alicyclic amines) is 1. The molecule has 0 spiro atoms.